The highest BCUT2D eigenvalue weighted by atomic mass is 35.5. The van der Waals surface area contributed by atoms with Crippen LogP contribution in [0.4, 0.5) is 5.13 Å². The van der Waals surface area contributed by atoms with E-state index in [9.17, 15) is 4.79 Å². The molecule has 1 unspecified atom stereocenters. The van der Waals surface area contributed by atoms with Crippen LogP contribution in [0.5, 0.6) is 0 Å². The topological polar surface area (TPSA) is 59.2 Å². The van der Waals surface area contributed by atoms with Gasteiger partial charge in [-0.2, -0.15) is 0 Å². The van der Waals surface area contributed by atoms with Crippen molar-refractivity contribution in [2.45, 2.75) is 18.9 Å². The molecule has 1 amide bonds. The van der Waals surface area contributed by atoms with Gasteiger partial charge in [0, 0.05) is 16.9 Å². The molecular weight excluding hydrogens is 294 g/mol. The Morgan fingerprint density at radius 3 is 2.95 bits per heavy atom. The lowest BCUT2D eigenvalue weighted by atomic mass is 10.0. The molecule has 2 heterocycles. The summed E-state index contributed by atoms with van der Waals surface area (Å²) in [5, 5.41) is 2.83. The predicted molar refractivity (Wildman–Crippen MR) is 81.0 cm³/mol. The minimum atomic E-state index is -0.0691. The van der Waals surface area contributed by atoms with Crippen LogP contribution in [0.25, 0.3) is 0 Å². The van der Waals surface area contributed by atoms with E-state index in [1.54, 1.807) is 5.38 Å². The summed E-state index contributed by atoms with van der Waals surface area (Å²) in [6.07, 6.45) is 1.90. The van der Waals surface area contributed by atoms with Gasteiger partial charge in [-0.3, -0.25) is 4.79 Å². The number of amides is 1. The molecule has 0 aliphatic carbocycles. The number of hydrogen-bond donors (Lipinski definition) is 1. The highest BCUT2D eigenvalue weighted by Crippen LogP contribution is 2.36. The van der Waals surface area contributed by atoms with E-state index in [4.69, 9.17) is 17.3 Å². The maximum Gasteiger partial charge on any atom is 0.273 e. The zero-order valence-corrected chi connectivity index (χ0v) is 12.3. The second-order valence-corrected chi connectivity index (χ2v) is 6.05. The van der Waals surface area contributed by atoms with Gasteiger partial charge in [0.05, 0.1) is 6.04 Å². The maximum atomic E-state index is 12.5. The molecule has 20 heavy (non-hydrogen) atoms. The summed E-state index contributed by atoms with van der Waals surface area (Å²) in [6.45, 7) is 0.728. The molecule has 104 valence electrons. The Balaban J connectivity index is 1.90. The standard InChI is InChI=1S/C14H14ClN3OS/c15-10-5-2-1-4-9(10)12-6-3-7-18(12)13(19)11-8-20-14(16)17-11/h1-2,4-5,8,12H,3,6-7H2,(H2,16,17). The highest BCUT2D eigenvalue weighted by Gasteiger charge is 2.32. The van der Waals surface area contributed by atoms with Crippen LogP contribution in [0.2, 0.25) is 5.02 Å². The lowest BCUT2D eigenvalue weighted by Crippen LogP contribution is -2.31. The smallest absolute Gasteiger partial charge is 0.273 e. The molecule has 0 spiro atoms. The zero-order chi connectivity index (χ0) is 14.1. The number of hydrogen-bond acceptors (Lipinski definition) is 4. The number of carbonyl (C=O) groups is 1. The molecule has 2 N–H and O–H groups in total. The van der Waals surface area contributed by atoms with E-state index in [-0.39, 0.29) is 11.9 Å². The first-order chi connectivity index (χ1) is 9.66. The molecule has 1 aromatic heterocycles. The second kappa shape index (κ2) is 5.42. The quantitative estimate of drug-likeness (QED) is 0.925. The number of benzene rings is 1. The number of rotatable bonds is 2. The lowest BCUT2D eigenvalue weighted by molar-refractivity contribution is 0.0730. The van der Waals surface area contributed by atoms with Crippen molar-refractivity contribution in [3.63, 3.8) is 0 Å². The first-order valence-electron chi connectivity index (χ1n) is 6.43. The maximum absolute atomic E-state index is 12.5. The average molecular weight is 308 g/mol. The molecule has 6 heteroatoms. The van der Waals surface area contributed by atoms with Crippen molar-refractivity contribution in [1.82, 2.24) is 9.88 Å². The number of thiazole rings is 1. The normalized spacial score (nSPS) is 18.4. The molecule has 4 nitrogen and oxygen atoms in total. The Labute approximate surface area is 126 Å². The van der Waals surface area contributed by atoms with Gasteiger partial charge in [-0.15, -0.1) is 11.3 Å². The van der Waals surface area contributed by atoms with E-state index in [0.29, 0.717) is 15.8 Å². The van der Waals surface area contributed by atoms with E-state index in [2.05, 4.69) is 4.98 Å². The molecule has 3 rings (SSSR count). The van der Waals surface area contributed by atoms with Crippen molar-refractivity contribution in [3.8, 4) is 0 Å². The molecule has 2 aromatic rings. The molecule has 1 atom stereocenters. The van der Waals surface area contributed by atoms with Gasteiger partial charge in [-0.05, 0) is 24.5 Å². The van der Waals surface area contributed by atoms with Gasteiger partial charge in [-0.1, -0.05) is 29.8 Å². The molecule has 1 aromatic carbocycles. The van der Waals surface area contributed by atoms with Crippen molar-refractivity contribution < 1.29 is 4.79 Å². The van der Waals surface area contributed by atoms with E-state index < -0.39 is 0 Å². The summed E-state index contributed by atoms with van der Waals surface area (Å²) >= 11 is 7.54. The summed E-state index contributed by atoms with van der Waals surface area (Å²) < 4.78 is 0. The van der Waals surface area contributed by atoms with Gasteiger partial charge in [0.2, 0.25) is 0 Å². The second-order valence-electron chi connectivity index (χ2n) is 4.75. The zero-order valence-electron chi connectivity index (χ0n) is 10.8. The third-order valence-electron chi connectivity index (χ3n) is 3.52. The van der Waals surface area contributed by atoms with Gasteiger partial charge in [0.25, 0.3) is 5.91 Å². The van der Waals surface area contributed by atoms with Crippen LogP contribution in [0.3, 0.4) is 0 Å². The van der Waals surface area contributed by atoms with Gasteiger partial charge in [-0.25, -0.2) is 4.98 Å². The van der Waals surface area contributed by atoms with Crippen molar-refractivity contribution in [2.75, 3.05) is 12.3 Å². The average Bonchev–Trinajstić information content (AvgIpc) is 3.07. The minimum Gasteiger partial charge on any atom is -0.375 e. The molecule has 1 aliphatic rings. The molecular formula is C14H14ClN3OS. The van der Waals surface area contributed by atoms with Crippen LogP contribution < -0.4 is 5.73 Å². The largest absolute Gasteiger partial charge is 0.375 e. The summed E-state index contributed by atoms with van der Waals surface area (Å²) in [6, 6.07) is 7.71. The Kier molecular flexibility index (Phi) is 3.63. The Morgan fingerprint density at radius 1 is 1.45 bits per heavy atom. The molecule has 0 radical (unpaired) electrons. The van der Waals surface area contributed by atoms with Crippen LogP contribution >= 0.6 is 22.9 Å². The monoisotopic (exact) mass is 307 g/mol. The SMILES string of the molecule is Nc1nc(C(=O)N2CCCC2c2ccccc2Cl)cs1. The number of nitrogens with two attached hydrogens (primary N) is 1. The van der Waals surface area contributed by atoms with Gasteiger partial charge >= 0.3 is 0 Å². The van der Waals surface area contributed by atoms with Crippen LogP contribution in [0.15, 0.2) is 29.6 Å². The first kappa shape index (κ1) is 13.4. The third-order valence-corrected chi connectivity index (χ3v) is 4.54. The molecule has 1 aliphatic heterocycles. The van der Waals surface area contributed by atoms with Crippen LogP contribution in [-0.2, 0) is 0 Å². The lowest BCUT2D eigenvalue weighted by Gasteiger charge is -2.25. The van der Waals surface area contributed by atoms with Crippen LogP contribution in [-0.4, -0.2) is 22.3 Å². The number of aromatic nitrogens is 1. The number of halogens is 1. The number of anilines is 1. The van der Waals surface area contributed by atoms with Crippen molar-refractivity contribution in [1.29, 1.82) is 0 Å². The van der Waals surface area contributed by atoms with E-state index >= 15 is 0 Å². The molecule has 1 saturated heterocycles. The van der Waals surface area contributed by atoms with E-state index in [1.807, 2.05) is 29.2 Å². The summed E-state index contributed by atoms with van der Waals surface area (Å²) in [7, 11) is 0. The number of nitrogens with zero attached hydrogens (tertiary/aromatic N) is 2. The molecule has 0 bridgehead atoms. The third kappa shape index (κ3) is 2.39. The summed E-state index contributed by atoms with van der Waals surface area (Å²) in [5.74, 6) is -0.0691. The van der Waals surface area contributed by atoms with Crippen LogP contribution in [0.1, 0.15) is 34.9 Å². The molecule has 1 fully saturated rings. The minimum absolute atomic E-state index is 0.0270. The fourth-order valence-electron chi connectivity index (χ4n) is 2.61. The Morgan fingerprint density at radius 2 is 2.25 bits per heavy atom. The number of carbonyl (C=O) groups excluding carboxylic acids is 1. The Hall–Kier alpha value is -1.59. The van der Waals surface area contributed by atoms with Crippen LogP contribution in [0, 0.1) is 0 Å². The summed E-state index contributed by atoms with van der Waals surface area (Å²) in [5.41, 5.74) is 7.03. The van der Waals surface area contributed by atoms with Gasteiger partial charge in [0.1, 0.15) is 5.69 Å². The van der Waals surface area contributed by atoms with E-state index in [1.165, 1.54) is 11.3 Å². The summed E-state index contributed by atoms with van der Waals surface area (Å²) in [4.78, 5) is 18.4. The van der Waals surface area contributed by atoms with Crippen molar-refractivity contribution in [3.05, 3.63) is 45.9 Å². The fraction of sp³-hybridized carbons (Fsp3) is 0.286. The van der Waals surface area contributed by atoms with Gasteiger partial charge < -0.3 is 10.6 Å². The number of likely N-dealkylation sites (tertiary alicyclic amines) is 1. The first-order valence-corrected chi connectivity index (χ1v) is 7.69. The highest BCUT2D eigenvalue weighted by molar-refractivity contribution is 7.13. The fourth-order valence-corrected chi connectivity index (χ4v) is 3.41. The van der Waals surface area contributed by atoms with E-state index in [0.717, 1.165) is 24.9 Å². The molecule has 0 saturated carbocycles. The van der Waals surface area contributed by atoms with Crippen molar-refractivity contribution in [2.24, 2.45) is 0 Å². The number of nitrogen functional groups attached to an aromatic ring is 1. The predicted octanol–water partition coefficient (Wildman–Crippen LogP) is 3.36. The van der Waals surface area contributed by atoms with Gasteiger partial charge in [0.15, 0.2) is 5.13 Å². The Bertz CT molecular complexity index is 643. The van der Waals surface area contributed by atoms with Crippen molar-refractivity contribution >= 4 is 34.0 Å².